The van der Waals surface area contributed by atoms with Crippen molar-refractivity contribution in [1.29, 1.82) is 0 Å². The Balaban J connectivity index is 1.85. The first kappa shape index (κ1) is 13.9. The van der Waals surface area contributed by atoms with Crippen molar-refractivity contribution in [2.75, 3.05) is 23.9 Å². The molecule has 2 aromatic rings. The minimum atomic E-state index is 0.772. The van der Waals surface area contributed by atoms with Gasteiger partial charge in [0.2, 0.25) is 0 Å². The highest BCUT2D eigenvalue weighted by molar-refractivity contribution is 7.98. The molecule has 0 atom stereocenters. The summed E-state index contributed by atoms with van der Waals surface area (Å²) in [7, 11) is 0. The smallest absolute Gasteiger partial charge is 0.159 e. The van der Waals surface area contributed by atoms with Crippen LogP contribution in [0.15, 0.2) is 42.7 Å². The number of unbranched alkanes of at least 4 members (excludes halogenated alkanes) is 1. The molecule has 0 bridgehead atoms. The van der Waals surface area contributed by atoms with E-state index in [4.69, 9.17) is 0 Å². The summed E-state index contributed by atoms with van der Waals surface area (Å²) in [6.45, 7) is 0.981. The Labute approximate surface area is 118 Å². The van der Waals surface area contributed by atoms with Crippen LogP contribution in [0.5, 0.6) is 0 Å². The molecule has 0 fully saturated rings. The van der Waals surface area contributed by atoms with E-state index < -0.39 is 0 Å². The average molecular weight is 273 g/mol. The highest BCUT2D eigenvalue weighted by Gasteiger charge is 1.99. The molecule has 0 radical (unpaired) electrons. The van der Waals surface area contributed by atoms with Crippen molar-refractivity contribution >= 4 is 17.4 Å². The van der Waals surface area contributed by atoms with E-state index in [0.29, 0.717) is 0 Å². The van der Waals surface area contributed by atoms with E-state index in [1.807, 2.05) is 54.5 Å². The zero-order valence-corrected chi connectivity index (χ0v) is 12.0. The van der Waals surface area contributed by atoms with Crippen LogP contribution in [-0.4, -0.2) is 28.5 Å². The lowest BCUT2D eigenvalue weighted by Gasteiger charge is -2.06. The van der Waals surface area contributed by atoms with Crippen molar-refractivity contribution in [2.45, 2.75) is 12.8 Å². The monoisotopic (exact) mass is 273 g/mol. The number of anilines is 1. The van der Waals surface area contributed by atoms with Crippen molar-refractivity contribution in [3.63, 3.8) is 0 Å². The summed E-state index contributed by atoms with van der Waals surface area (Å²) in [5, 5.41) is 3.35. The van der Waals surface area contributed by atoms with Gasteiger partial charge in [-0.15, -0.1) is 0 Å². The molecule has 2 rings (SSSR count). The summed E-state index contributed by atoms with van der Waals surface area (Å²) >= 11 is 1.89. The predicted octanol–water partition coefficient (Wildman–Crippen LogP) is 3.70. The Morgan fingerprint density at radius 1 is 1.05 bits per heavy atom. The molecule has 0 aliphatic heterocycles. The van der Waals surface area contributed by atoms with Crippen LogP contribution in [0.1, 0.15) is 12.8 Å². The van der Waals surface area contributed by atoms with Crippen LogP contribution >= 0.6 is 11.8 Å². The number of aromatic nitrogens is 2. The number of nitrogens with zero attached hydrogens (tertiary/aromatic N) is 2. The molecule has 1 N–H and O–H groups in total. The van der Waals surface area contributed by atoms with Crippen LogP contribution in [0.4, 0.5) is 5.69 Å². The van der Waals surface area contributed by atoms with E-state index in [1.54, 1.807) is 0 Å². The first-order valence-corrected chi connectivity index (χ1v) is 7.90. The fourth-order valence-electron chi connectivity index (χ4n) is 1.76. The minimum absolute atomic E-state index is 0.772. The van der Waals surface area contributed by atoms with E-state index >= 15 is 0 Å². The molecule has 0 aliphatic rings. The zero-order chi connectivity index (χ0) is 13.3. The van der Waals surface area contributed by atoms with Gasteiger partial charge in [0.15, 0.2) is 5.82 Å². The van der Waals surface area contributed by atoms with E-state index in [2.05, 4.69) is 21.5 Å². The van der Waals surface area contributed by atoms with Gasteiger partial charge < -0.3 is 5.32 Å². The maximum absolute atomic E-state index is 4.39. The summed E-state index contributed by atoms with van der Waals surface area (Å²) in [5.41, 5.74) is 2.04. The topological polar surface area (TPSA) is 37.8 Å². The van der Waals surface area contributed by atoms with Crippen molar-refractivity contribution in [3.8, 4) is 11.4 Å². The molecule has 4 heteroatoms. The highest BCUT2D eigenvalue weighted by Crippen LogP contribution is 2.14. The summed E-state index contributed by atoms with van der Waals surface area (Å²) in [6.07, 6.45) is 8.27. The SMILES string of the molecule is CSCCCCNc1cnc(-c2ccccc2)nc1. The minimum Gasteiger partial charge on any atom is -0.383 e. The maximum Gasteiger partial charge on any atom is 0.159 e. The first-order chi connectivity index (χ1) is 9.40. The molecule has 0 amide bonds. The summed E-state index contributed by atoms with van der Waals surface area (Å²) < 4.78 is 0. The third-order valence-corrected chi connectivity index (χ3v) is 3.49. The van der Waals surface area contributed by atoms with E-state index in [0.717, 1.165) is 23.6 Å². The van der Waals surface area contributed by atoms with Gasteiger partial charge in [-0.05, 0) is 24.9 Å². The second kappa shape index (κ2) is 7.79. The Hall–Kier alpha value is -1.55. The highest BCUT2D eigenvalue weighted by atomic mass is 32.2. The van der Waals surface area contributed by atoms with Crippen molar-refractivity contribution in [3.05, 3.63) is 42.7 Å². The van der Waals surface area contributed by atoms with Crippen LogP contribution in [0.25, 0.3) is 11.4 Å². The molecule has 1 aromatic heterocycles. The van der Waals surface area contributed by atoms with E-state index in [1.165, 1.54) is 18.6 Å². The fourth-order valence-corrected chi connectivity index (χ4v) is 2.25. The number of rotatable bonds is 7. The Bertz CT molecular complexity index is 471. The molecule has 19 heavy (non-hydrogen) atoms. The Morgan fingerprint density at radius 2 is 1.79 bits per heavy atom. The molecular formula is C15H19N3S. The van der Waals surface area contributed by atoms with Crippen LogP contribution < -0.4 is 5.32 Å². The zero-order valence-electron chi connectivity index (χ0n) is 11.2. The van der Waals surface area contributed by atoms with Gasteiger partial charge >= 0.3 is 0 Å². The lowest BCUT2D eigenvalue weighted by molar-refractivity contribution is 0.842. The van der Waals surface area contributed by atoms with Crippen molar-refractivity contribution in [1.82, 2.24) is 9.97 Å². The second-order valence-corrected chi connectivity index (χ2v) is 5.27. The number of hydrogen-bond donors (Lipinski definition) is 1. The molecule has 3 nitrogen and oxygen atoms in total. The van der Waals surface area contributed by atoms with Gasteiger partial charge in [0.1, 0.15) is 0 Å². The van der Waals surface area contributed by atoms with Crippen LogP contribution in [-0.2, 0) is 0 Å². The molecule has 0 aliphatic carbocycles. The lowest BCUT2D eigenvalue weighted by atomic mass is 10.2. The number of benzene rings is 1. The quantitative estimate of drug-likeness (QED) is 0.781. The molecule has 1 heterocycles. The maximum atomic E-state index is 4.39. The normalized spacial score (nSPS) is 10.4. The molecule has 1 aromatic carbocycles. The Kier molecular flexibility index (Phi) is 5.69. The molecule has 0 spiro atoms. The summed E-state index contributed by atoms with van der Waals surface area (Å²) in [6, 6.07) is 10.0. The standard InChI is InChI=1S/C15H19N3S/c1-19-10-6-5-9-16-14-11-17-15(18-12-14)13-7-3-2-4-8-13/h2-4,7-8,11-12,16H,5-6,9-10H2,1H3. The van der Waals surface area contributed by atoms with E-state index in [-0.39, 0.29) is 0 Å². The summed E-state index contributed by atoms with van der Waals surface area (Å²) in [4.78, 5) is 8.77. The van der Waals surface area contributed by atoms with Gasteiger partial charge in [-0.1, -0.05) is 30.3 Å². The van der Waals surface area contributed by atoms with Crippen molar-refractivity contribution in [2.24, 2.45) is 0 Å². The molecule has 100 valence electrons. The third-order valence-electron chi connectivity index (χ3n) is 2.79. The third kappa shape index (κ3) is 4.56. The van der Waals surface area contributed by atoms with E-state index in [9.17, 15) is 0 Å². The van der Waals surface area contributed by atoms with Crippen molar-refractivity contribution < 1.29 is 0 Å². The number of nitrogens with one attached hydrogen (secondary N) is 1. The van der Waals surface area contributed by atoms with Gasteiger partial charge in [0.05, 0.1) is 18.1 Å². The van der Waals surface area contributed by atoms with Gasteiger partial charge in [0.25, 0.3) is 0 Å². The van der Waals surface area contributed by atoms with Gasteiger partial charge in [0, 0.05) is 12.1 Å². The van der Waals surface area contributed by atoms with Gasteiger partial charge in [-0.2, -0.15) is 11.8 Å². The molecule has 0 saturated carbocycles. The van der Waals surface area contributed by atoms with Gasteiger partial charge in [-0.3, -0.25) is 0 Å². The fraction of sp³-hybridized carbons (Fsp3) is 0.333. The molecule has 0 unspecified atom stereocenters. The largest absolute Gasteiger partial charge is 0.383 e. The van der Waals surface area contributed by atoms with Crippen LogP contribution in [0.2, 0.25) is 0 Å². The first-order valence-electron chi connectivity index (χ1n) is 6.50. The average Bonchev–Trinajstić information content (AvgIpc) is 2.49. The molecular weight excluding hydrogens is 254 g/mol. The number of thioether (sulfide) groups is 1. The van der Waals surface area contributed by atoms with Crippen LogP contribution in [0, 0.1) is 0 Å². The second-order valence-electron chi connectivity index (χ2n) is 4.29. The predicted molar refractivity (Wildman–Crippen MR) is 83.6 cm³/mol. The lowest BCUT2D eigenvalue weighted by Crippen LogP contribution is -2.03. The summed E-state index contributed by atoms with van der Waals surface area (Å²) in [5.74, 6) is 2.00. The Morgan fingerprint density at radius 3 is 2.47 bits per heavy atom. The van der Waals surface area contributed by atoms with Crippen LogP contribution in [0.3, 0.4) is 0 Å². The molecule has 0 saturated heterocycles. The van der Waals surface area contributed by atoms with Gasteiger partial charge in [-0.25, -0.2) is 9.97 Å². The number of hydrogen-bond acceptors (Lipinski definition) is 4.